The van der Waals surface area contributed by atoms with Gasteiger partial charge in [0.25, 0.3) is 0 Å². The van der Waals surface area contributed by atoms with E-state index in [0.29, 0.717) is 12.0 Å². The van der Waals surface area contributed by atoms with Crippen LogP contribution in [0.2, 0.25) is 0 Å². The van der Waals surface area contributed by atoms with Gasteiger partial charge >= 0.3 is 0 Å². The first-order chi connectivity index (χ1) is 8.13. The first kappa shape index (κ1) is 11.9. The van der Waals surface area contributed by atoms with Crippen molar-refractivity contribution in [1.29, 1.82) is 5.26 Å². The third kappa shape index (κ3) is 2.26. The lowest BCUT2D eigenvalue weighted by Gasteiger charge is -2.29. The van der Waals surface area contributed by atoms with E-state index in [-0.39, 0.29) is 5.56 Å². The predicted molar refractivity (Wildman–Crippen MR) is 66.3 cm³/mol. The highest BCUT2D eigenvalue weighted by Crippen LogP contribution is 2.30. The fraction of sp³-hybridized carbons (Fsp3) is 0.500. The van der Waals surface area contributed by atoms with Gasteiger partial charge in [0.2, 0.25) is 0 Å². The first-order valence-electron chi connectivity index (χ1n) is 6.09. The number of hydrogen-bond donors (Lipinski definition) is 0. The summed E-state index contributed by atoms with van der Waals surface area (Å²) in [5.41, 5.74) is 1.02. The van der Waals surface area contributed by atoms with Crippen LogP contribution in [-0.2, 0) is 0 Å². The fourth-order valence-corrected chi connectivity index (χ4v) is 2.58. The molecule has 0 amide bonds. The Morgan fingerprint density at radius 2 is 2.24 bits per heavy atom. The Labute approximate surface area is 102 Å². The predicted octanol–water partition coefficient (Wildman–Crippen LogP) is 3.32. The molecule has 1 saturated heterocycles. The Bertz CT molecular complexity index is 448. The number of hydrogen-bond acceptors (Lipinski definition) is 2. The number of benzene rings is 1. The van der Waals surface area contributed by atoms with Gasteiger partial charge < -0.3 is 4.90 Å². The summed E-state index contributed by atoms with van der Waals surface area (Å²) in [7, 11) is 0. The molecule has 0 saturated carbocycles. The van der Waals surface area contributed by atoms with Crippen molar-refractivity contribution in [1.82, 2.24) is 0 Å². The van der Waals surface area contributed by atoms with Crippen LogP contribution in [0.1, 0.15) is 32.3 Å². The van der Waals surface area contributed by atoms with Gasteiger partial charge in [-0.05, 0) is 37.0 Å². The Morgan fingerprint density at radius 1 is 1.47 bits per heavy atom. The average Bonchev–Trinajstić information content (AvgIpc) is 2.77. The highest BCUT2D eigenvalue weighted by atomic mass is 19.1. The van der Waals surface area contributed by atoms with E-state index < -0.39 is 5.82 Å². The molecule has 2 nitrogen and oxygen atoms in total. The van der Waals surface area contributed by atoms with E-state index in [0.717, 1.165) is 18.7 Å². The summed E-state index contributed by atoms with van der Waals surface area (Å²) in [6, 6.07) is 7.25. The second-order valence-corrected chi connectivity index (χ2v) is 4.92. The highest BCUT2D eigenvalue weighted by molar-refractivity contribution is 5.52. The monoisotopic (exact) mass is 232 g/mol. The lowest BCUT2D eigenvalue weighted by atomic mass is 10.0. The van der Waals surface area contributed by atoms with Gasteiger partial charge in [0.1, 0.15) is 11.9 Å². The number of rotatable bonds is 2. The Hall–Kier alpha value is -1.56. The molecule has 0 aromatic heterocycles. The molecule has 0 spiro atoms. The van der Waals surface area contributed by atoms with Crippen molar-refractivity contribution in [3.8, 4) is 6.07 Å². The van der Waals surface area contributed by atoms with Gasteiger partial charge in [-0.25, -0.2) is 4.39 Å². The van der Waals surface area contributed by atoms with Crippen molar-refractivity contribution in [2.45, 2.75) is 32.7 Å². The first-order valence-corrected chi connectivity index (χ1v) is 6.09. The lowest BCUT2D eigenvalue weighted by Crippen LogP contribution is -2.33. The highest BCUT2D eigenvalue weighted by Gasteiger charge is 2.27. The van der Waals surface area contributed by atoms with Crippen LogP contribution < -0.4 is 4.90 Å². The van der Waals surface area contributed by atoms with Crippen molar-refractivity contribution >= 4 is 5.69 Å². The molecule has 1 aliphatic heterocycles. The van der Waals surface area contributed by atoms with Crippen LogP contribution in [0, 0.1) is 23.1 Å². The van der Waals surface area contributed by atoms with E-state index in [2.05, 4.69) is 18.7 Å². The van der Waals surface area contributed by atoms with E-state index >= 15 is 0 Å². The minimum atomic E-state index is -0.417. The zero-order valence-corrected chi connectivity index (χ0v) is 10.3. The van der Waals surface area contributed by atoms with Gasteiger partial charge in [-0.15, -0.1) is 0 Å². The third-order valence-corrected chi connectivity index (χ3v) is 3.47. The second kappa shape index (κ2) is 4.75. The maximum absolute atomic E-state index is 13.6. The van der Waals surface area contributed by atoms with Crippen molar-refractivity contribution in [2.75, 3.05) is 11.4 Å². The molecular weight excluding hydrogens is 215 g/mol. The molecule has 1 fully saturated rings. The van der Waals surface area contributed by atoms with Gasteiger partial charge in [-0.3, -0.25) is 0 Å². The summed E-state index contributed by atoms with van der Waals surface area (Å²) >= 11 is 0. The molecule has 1 atom stereocenters. The molecule has 0 N–H and O–H groups in total. The second-order valence-electron chi connectivity index (χ2n) is 4.92. The van der Waals surface area contributed by atoms with E-state index in [4.69, 9.17) is 5.26 Å². The van der Waals surface area contributed by atoms with Crippen LogP contribution in [0.25, 0.3) is 0 Å². The standard InChI is InChI=1S/C14H17FN2/c1-10(2)14-4-3-7-17(14)12-6-5-11(9-16)13(15)8-12/h5-6,8,10,14H,3-4,7H2,1-2H3. The minimum absolute atomic E-state index is 0.119. The van der Waals surface area contributed by atoms with Gasteiger partial charge in [-0.1, -0.05) is 13.8 Å². The maximum atomic E-state index is 13.6. The van der Waals surface area contributed by atoms with Crippen LogP contribution in [0.3, 0.4) is 0 Å². The summed E-state index contributed by atoms with van der Waals surface area (Å²) in [5, 5.41) is 8.71. The molecule has 1 unspecified atom stereocenters. The zero-order chi connectivity index (χ0) is 12.4. The number of anilines is 1. The molecular formula is C14H17FN2. The van der Waals surface area contributed by atoms with Crippen LogP contribution >= 0.6 is 0 Å². The molecule has 0 aliphatic carbocycles. The quantitative estimate of drug-likeness (QED) is 0.782. The van der Waals surface area contributed by atoms with Crippen LogP contribution in [0.5, 0.6) is 0 Å². The lowest BCUT2D eigenvalue weighted by molar-refractivity contribution is 0.491. The maximum Gasteiger partial charge on any atom is 0.143 e. The average molecular weight is 232 g/mol. The summed E-state index contributed by atoms with van der Waals surface area (Å²) in [6.45, 7) is 5.38. The van der Waals surface area contributed by atoms with E-state index in [1.54, 1.807) is 6.07 Å². The zero-order valence-electron chi connectivity index (χ0n) is 10.3. The summed E-state index contributed by atoms with van der Waals surface area (Å²) < 4.78 is 13.6. The summed E-state index contributed by atoms with van der Waals surface area (Å²) in [6.07, 6.45) is 2.32. The molecule has 2 rings (SSSR count). The van der Waals surface area contributed by atoms with Crippen LogP contribution in [0.15, 0.2) is 18.2 Å². The Kier molecular flexibility index (Phi) is 3.33. The van der Waals surface area contributed by atoms with Crippen LogP contribution in [-0.4, -0.2) is 12.6 Å². The topological polar surface area (TPSA) is 27.0 Å². The molecule has 1 heterocycles. The molecule has 1 aromatic rings. The summed E-state index contributed by atoms with van der Waals surface area (Å²) in [5.74, 6) is 0.149. The van der Waals surface area contributed by atoms with Gasteiger partial charge in [-0.2, -0.15) is 5.26 Å². The molecule has 1 aliphatic rings. The van der Waals surface area contributed by atoms with Gasteiger partial charge in [0.15, 0.2) is 0 Å². The number of halogens is 1. The van der Waals surface area contributed by atoms with Crippen molar-refractivity contribution < 1.29 is 4.39 Å². The third-order valence-electron chi connectivity index (χ3n) is 3.47. The molecule has 0 bridgehead atoms. The Morgan fingerprint density at radius 3 is 2.82 bits per heavy atom. The van der Waals surface area contributed by atoms with Crippen molar-refractivity contribution in [2.24, 2.45) is 5.92 Å². The molecule has 0 radical (unpaired) electrons. The normalized spacial score (nSPS) is 19.7. The SMILES string of the molecule is CC(C)C1CCCN1c1ccc(C#N)c(F)c1. The van der Waals surface area contributed by atoms with Gasteiger partial charge in [0, 0.05) is 18.3 Å². The largest absolute Gasteiger partial charge is 0.368 e. The van der Waals surface area contributed by atoms with Crippen LogP contribution in [0.4, 0.5) is 10.1 Å². The van der Waals surface area contributed by atoms with E-state index in [1.807, 2.05) is 12.1 Å². The number of nitrogens with zero attached hydrogens (tertiary/aromatic N) is 2. The smallest absolute Gasteiger partial charge is 0.143 e. The molecule has 90 valence electrons. The van der Waals surface area contributed by atoms with Crippen molar-refractivity contribution in [3.63, 3.8) is 0 Å². The summed E-state index contributed by atoms with van der Waals surface area (Å²) in [4.78, 5) is 2.26. The van der Waals surface area contributed by atoms with E-state index in [1.165, 1.54) is 12.5 Å². The molecule has 1 aromatic carbocycles. The minimum Gasteiger partial charge on any atom is -0.368 e. The number of nitriles is 1. The van der Waals surface area contributed by atoms with E-state index in [9.17, 15) is 4.39 Å². The molecule has 17 heavy (non-hydrogen) atoms. The molecule has 3 heteroatoms. The van der Waals surface area contributed by atoms with Crippen molar-refractivity contribution in [3.05, 3.63) is 29.6 Å². The van der Waals surface area contributed by atoms with Gasteiger partial charge in [0.05, 0.1) is 5.56 Å². The Balaban J connectivity index is 2.28. The fourth-order valence-electron chi connectivity index (χ4n) is 2.58.